The number of hydrogen-bond donors (Lipinski definition) is 3. The van der Waals surface area contributed by atoms with Gasteiger partial charge in [0.2, 0.25) is 0 Å². The lowest BCUT2D eigenvalue weighted by Crippen LogP contribution is -2.15. The summed E-state index contributed by atoms with van der Waals surface area (Å²) in [4.78, 5) is 5.01. The van der Waals surface area contributed by atoms with Gasteiger partial charge in [-0.2, -0.15) is 0 Å². The largest absolute Gasteiger partial charge is 0.392 e. The van der Waals surface area contributed by atoms with Gasteiger partial charge in [-0.15, -0.1) is 12.4 Å². The van der Waals surface area contributed by atoms with Crippen LogP contribution in [0.15, 0.2) is 75.6 Å². The Morgan fingerprint density at radius 2 is 1.83 bits per heavy atom. The van der Waals surface area contributed by atoms with E-state index in [9.17, 15) is 13.5 Å². The topological polar surface area (TPSA) is 105 Å². The van der Waals surface area contributed by atoms with Crippen LogP contribution >= 0.6 is 35.8 Å². The standard InChI is InChI=1S/C19H18ClN3O3S2.ClH/c20-16-8-9-17(23-28(25,26)14-6-2-1-3-7-14)15(11-21)18(16)27-19-13(12-24)5-4-10-22-19;/h1-10,23-24H,11-12,21H2;1H. The zero-order valence-electron chi connectivity index (χ0n) is 15.1. The Labute approximate surface area is 185 Å². The van der Waals surface area contributed by atoms with Gasteiger partial charge >= 0.3 is 0 Å². The molecular formula is C19H19Cl2N3O3S2. The fraction of sp³-hybridized carbons (Fsp3) is 0.105. The minimum absolute atomic E-state index is 0. The second-order valence-corrected chi connectivity index (χ2v) is 8.84. The molecule has 154 valence electrons. The molecule has 10 heteroatoms. The molecule has 0 bridgehead atoms. The zero-order valence-corrected chi connectivity index (χ0v) is 18.3. The van der Waals surface area contributed by atoms with Crippen LogP contribution in [0, 0.1) is 0 Å². The average Bonchev–Trinajstić information content (AvgIpc) is 2.71. The van der Waals surface area contributed by atoms with Gasteiger partial charge in [-0.25, -0.2) is 13.4 Å². The number of aliphatic hydroxyl groups is 1. The number of sulfonamides is 1. The van der Waals surface area contributed by atoms with Crippen molar-refractivity contribution in [1.29, 1.82) is 0 Å². The molecule has 0 saturated heterocycles. The predicted octanol–water partition coefficient (Wildman–Crippen LogP) is 4.06. The summed E-state index contributed by atoms with van der Waals surface area (Å²) < 4.78 is 28.0. The molecule has 6 nitrogen and oxygen atoms in total. The number of hydrogen-bond acceptors (Lipinski definition) is 6. The van der Waals surface area contributed by atoms with Gasteiger partial charge in [0.25, 0.3) is 10.0 Å². The van der Waals surface area contributed by atoms with Crippen molar-refractivity contribution in [2.45, 2.75) is 28.0 Å². The molecule has 0 radical (unpaired) electrons. The highest BCUT2D eigenvalue weighted by molar-refractivity contribution is 7.99. The van der Waals surface area contributed by atoms with E-state index in [0.29, 0.717) is 31.8 Å². The summed E-state index contributed by atoms with van der Waals surface area (Å²) in [5.74, 6) is 0. The minimum Gasteiger partial charge on any atom is -0.392 e. The third-order valence-electron chi connectivity index (χ3n) is 3.93. The molecule has 0 spiro atoms. The van der Waals surface area contributed by atoms with Gasteiger partial charge in [-0.05, 0) is 30.3 Å². The van der Waals surface area contributed by atoms with E-state index < -0.39 is 10.0 Å². The SMILES string of the molecule is Cl.NCc1c(NS(=O)(=O)c2ccccc2)ccc(Cl)c1Sc1ncccc1CO. The van der Waals surface area contributed by atoms with E-state index in [1.807, 2.05) is 0 Å². The van der Waals surface area contributed by atoms with Crippen molar-refractivity contribution in [1.82, 2.24) is 4.98 Å². The summed E-state index contributed by atoms with van der Waals surface area (Å²) in [6.07, 6.45) is 1.61. The number of nitrogens with zero attached hydrogens (tertiary/aromatic N) is 1. The Kier molecular flexibility index (Phi) is 8.33. The van der Waals surface area contributed by atoms with Crippen LogP contribution in [0.5, 0.6) is 0 Å². The fourth-order valence-corrected chi connectivity index (χ4v) is 5.00. The van der Waals surface area contributed by atoms with Crippen molar-refractivity contribution < 1.29 is 13.5 Å². The van der Waals surface area contributed by atoms with Crippen molar-refractivity contribution in [3.8, 4) is 0 Å². The Morgan fingerprint density at radius 3 is 2.48 bits per heavy atom. The van der Waals surface area contributed by atoms with Crippen LogP contribution in [0.25, 0.3) is 0 Å². The van der Waals surface area contributed by atoms with Crippen LogP contribution < -0.4 is 10.5 Å². The van der Waals surface area contributed by atoms with Crippen molar-refractivity contribution >= 4 is 51.5 Å². The molecule has 1 heterocycles. The smallest absolute Gasteiger partial charge is 0.261 e. The molecule has 0 unspecified atom stereocenters. The monoisotopic (exact) mass is 471 g/mol. The van der Waals surface area contributed by atoms with Crippen molar-refractivity contribution in [3.05, 3.63) is 76.9 Å². The second-order valence-electron chi connectivity index (χ2n) is 5.75. The number of aromatic nitrogens is 1. The minimum atomic E-state index is -3.77. The maximum atomic E-state index is 12.7. The molecule has 3 aromatic rings. The third kappa shape index (κ3) is 5.42. The highest BCUT2D eigenvalue weighted by Gasteiger charge is 2.20. The molecule has 0 saturated carbocycles. The molecule has 0 aliphatic heterocycles. The van der Waals surface area contributed by atoms with Crippen LogP contribution in [-0.2, 0) is 23.2 Å². The number of rotatable bonds is 7. The first kappa shape index (κ1) is 23.5. The molecule has 0 aliphatic carbocycles. The van der Waals surface area contributed by atoms with Gasteiger partial charge in [-0.3, -0.25) is 4.72 Å². The highest BCUT2D eigenvalue weighted by Crippen LogP contribution is 2.40. The molecule has 0 fully saturated rings. The third-order valence-corrected chi connectivity index (χ3v) is 6.97. The van der Waals surface area contributed by atoms with Gasteiger partial charge < -0.3 is 10.8 Å². The molecule has 4 N–H and O–H groups in total. The van der Waals surface area contributed by atoms with Crippen molar-refractivity contribution in [2.24, 2.45) is 5.73 Å². The number of benzene rings is 2. The Morgan fingerprint density at radius 1 is 1.10 bits per heavy atom. The van der Waals surface area contributed by atoms with Gasteiger partial charge in [0, 0.05) is 28.8 Å². The van der Waals surface area contributed by atoms with Gasteiger partial charge in [0.1, 0.15) is 5.03 Å². The zero-order chi connectivity index (χ0) is 20.1. The summed E-state index contributed by atoms with van der Waals surface area (Å²) in [5.41, 5.74) is 7.46. The van der Waals surface area contributed by atoms with E-state index in [1.165, 1.54) is 23.9 Å². The van der Waals surface area contributed by atoms with E-state index >= 15 is 0 Å². The summed E-state index contributed by atoms with van der Waals surface area (Å²) in [6, 6.07) is 14.7. The summed E-state index contributed by atoms with van der Waals surface area (Å²) in [5, 5.41) is 10.5. The summed E-state index contributed by atoms with van der Waals surface area (Å²) in [7, 11) is -3.77. The molecule has 29 heavy (non-hydrogen) atoms. The fourth-order valence-electron chi connectivity index (χ4n) is 2.54. The van der Waals surface area contributed by atoms with Crippen molar-refractivity contribution in [2.75, 3.05) is 4.72 Å². The lowest BCUT2D eigenvalue weighted by molar-refractivity contribution is 0.278. The van der Waals surface area contributed by atoms with Crippen LogP contribution in [0.4, 0.5) is 5.69 Å². The lowest BCUT2D eigenvalue weighted by atomic mass is 10.2. The number of nitrogens with one attached hydrogen (secondary N) is 1. The quantitative estimate of drug-likeness (QED) is 0.479. The first-order valence-electron chi connectivity index (χ1n) is 8.28. The Balaban J connectivity index is 0.00000300. The molecule has 0 amide bonds. The highest BCUT2D eigenvalue weighted by atomic mass is 35.5. The number of aliphatic hydroxyl groups excluding tert-OH is 1. The molecule has 0 aliphatic rings. The van der Waals surface area contributed by atoms with Crippen molar-refractivity contribution in [3.63, 3.8) is 0 Å². The molecule has 1 aromatic heterocycles. The first-order chi connectivity index (χ1) is 13.5. The van der Waals surface area contributed by atoms with Crippen LogP contribution in [-0.4, -0.2) is 18.5 Å². The molecule has 0 atom stereocenters. The summed E-state index contributed by atoms with van der Waals surface area (Å²) >= 11 is 7.60. The van der Waals surface area contributed by atoms with Crippen LogP contribution in [0.1, 0.15) is 11.1 Å². The lowest BCUT2D eigenvalue weighted by Gasteiger charge is -2.17. The Bertz CT molecular complexity index is 1080. The number of nitrogens with two attached hydrogens (primary N) is 1. The second kappa shape index (κ2) is 10.3. The van der Waals surface area contributed by atoms with E-state index in [-0.39, 0.29) is 30.5 Å². The molecule has 2 aromatic carbocycles. The summed E-state index contributed by atoms with van der Waals surface area (Å²) in [6.45, 7) is -0.108. The predicted molar refractivity (Wildman–Crippen MR) is 118 cm³/mol. The van der Waals surface area contributed by atoms with Gasteiger partial charge in [0.15, 0.2) is 0 Å². The van der Waals surface area contributed by atoms with Crippen LogP contribution in [0.3, 0.4) is 0 Å². The Hall–Kier alpha value is -1.81. The maximum Gasteiger partial charge on any atom is 0.261 e. The maximum absolute atomic E-state index is 12.7. The van der Waals surface area contributed by atoms with Gasteiger partial charge in [0.05, 0.1) is 22.2 Å². The normalized spacial score (nSPS) is 11.0. The van der Waals surface area contributed by atoms with E-state index in [1.54, 1.807) is 48.7 Å². The number of pyridine rings is 1. The van der Waals surface area contributed by atoms with Crippen LogP contribution in [0.2, 0.25) is 5.02 Å². The van der Waals surface area contributed by atoms with Gasteiger partial charge in [-0.1, -0.05) is 47.6 Å². The molecule has 3 rings (SSSR count). The number of halogens is 2. The first-order valence-corrected chi connectivity index (χ1v) is 11.0. The molecular weight excluding hydrogens is 453 g/mol. The van der Waals surface area contributed by atoms with E-state index in [4.69, 9.17) is 17.3 Å². The number of anilines is 1. The van der Waals surface area contributed by atoms with E-state index in [0.717, 1.165) is 0 Å². The van der Waals surface area contributed by atoms with E-state index in [2.05, 4.69) is 9.71 Å². The average molecular weight is 472 g/mol.